The largest absolute Gasteiger partial charge is 0.496 e. The third-order valence-electron chi connectivity index (χ3n) is 2.92. The van der Waals surface area contributed by atoms with E-state index in [1.807, 2.05) is 25.1 Å². The monoisotopic (exact) mass is 259 g/mol. The van der Waals surface area contributed by atoms with Crippen LogP contribution >= 0.6 is 0 Å². The highest BCUT2D eigenvalue weighted by Gasteiger charge is 2.16. The van der Waals surface area contributed by atoms with Crippen LogP contribution in [0.1, 0.15) is 21.7 Å². The Kier molecular flexibility index (Phi) is 3.90. The summed E-state index contributed by atoms with van der Waals surface area (Å²) in [5.41, 5.74) is 2.11. The number of methoxy groups -OCH3 is 1. The molecule has 1 aromatic heterocycles. The Labute approximate surface area is 112 Å². The first-order chi connectivity index (χ1) is 9.11. The van der Waals surface area contributed by atoms with Gasteiger partial charge in [-0.2, -0.15) is 0 Å². The summed E-state index contributed by atoms with van der Waals surface area (Å²) in [5, 5.41) is 0. The Morgan fingerprint density at radius 1 is 1.37 bits per heavy atom. The Morgan fingerprint density at radius 3 is 2.79 bits per heavy atom. The zero-order valence-corrected chi connectivity index (χ0v) is 11.3. The highest BCUT2D eigenvalue weighted by atomic mass is 16.5. The normalized spacial score (nSPS) is 10.3. The van der Waals surface area contributed by atoms with Crippen molar-refractivity contribution < 1.29 is 13.9 Å². The lowest BCUT2D eigenvalue weighted by atomic mass is 10.1. The number of nitrogens with zero attached hydrogens (tertiary/aromatic N) is 1. The molecule has 0 spiro atoms. The van der Waals surface area contributed by atoms with Gasteiger partial charge in [0.2, 0.25) is 0 Å². The molecular weight excluding hydrogens is 242 g/mol. The van der Waals surface area contributed by atoms with Gasteiger partial charge in [0.15, 0.2) is 5.76 Å². The number of rotatable bonds is 4. The predicted octanol–water partition coefficient (Wildman–Crippen LogP) is 2.87. The van der Waals surface area contributed by atoms with Crippen molar-refractivity contribution in [3.8, 4) is 5.75 Å². The first-order valence-corrected chi connectivity index (χ1v) is 6.04. The SMILES string of the molecule is COc1ccc(C)cc1CN(C)C(=O)c1ccco1. The van der Waals surface area contributed by atoms with Gasteiger partial charge in [-0.05, 0) is 25.1 Å². The number of hydrogen-bond acceptors (Lipinski definition) is 3. The van der Waals surface area contributed by atoms with Crippen LogP contribution in [0.25, 0.3) is 0 Å². The number of hydrogen-bond donors (Lipinski definition) is 0. The summed E-state index contributed by atoms with van der Waals surface area (Å²) in [6.45, 7) is 2.49. The third kappa shape index (κ3) is 2.96. The first kappa shape index (κ1) is 13.2. The highest BCUT2D eigenvalue weighted by molar-refractivity contribution is 5.91. The lowest BCUT2D eigenvalue weighted by Crippen LogP contribution is -2.26. The summed E-state index contributed by atoms with van der Waals surface area (Å²) < 4.78 is 10.4. The Hall–Kier alpha value is -2.23. The highest BCUT2D eigenvalue weighted by Crippen LogP contribution is 2.21. The van der Waals surface area contributed by atoms with Gasteiger partial charge in [0, 0.05) is 19.2 Å². The maximum Gasteiger partial charge on any atom is 0.289 e. The van der Waals surface area contributed by atoms with Gasteiger partial charge >= 0.3 is 0 Å². The fourth-order valence-corrected chi connectivity index (χ4v) is 1.95. The smallest absolute Gasteiger partial charge is 0.289 e. The molecule has 0 fully saturated rings. The van der Waals surface area contributed by atoms with Gasteiger partial charge in [-0.15, -0.1) is 0 Å². The second kappa shape index (κ2) is 5.61. The minimum absolute atomic E-state index is 0.145. The van der Waals surface area contributed by atoms with Gasteiger partial charge in [-0.3, -0.25) is 4.79 Å². The lowest BCUT2D eigenvalue weighted by Gasteiger charge is -2.18. The van der Waals surface area contributed by atoms with Crippen LogP contribution in [-0.4, -0.2) is 25.0 Å². The summed E-state index contributed by atoms with van der Waals surface area (Å²) in [6, 6.07) is 9.28. The standard InChI is InChI=1S/C15H17NO3/c1-11-6-7-13(18-3)12(9-11)10-16(2)15(17)14-5-4-8-19-14/h4-9H,10H2,1-3H3. The molecule has 1 amide bonds. The van der Waals surface area contributed by atoms with Crippen molar-refractivity contribution in [1.82, 2.24) is 4.90 Å². The Balaban J connectivity index is 2.17. The molecule has 1 heterocycles. The van der Waals surface area contributed by atoms with E-state index >= 15 is 0 Å². The van der Waals surface area contributed by atoms with E-state index < -0.39 is 0 Å². The molecule has 0 saturated carbocycles. The van der Waals surface area contributed by atoms with Crippen molar-refractivity contribution in [3.63, 3.8) is 0 Å². The van der Waals surface area contributed by atoms with Gasteiger partial charge in [0.1, 0.15) is 5.75 Å². The minimum Gasteiger partial charge on any atom is -0.496 e. The Bertz CT molecular complexity index is 561. The first-order valence-electron chi connectivity index (χ1n) is 6.04. The van der Waals surface area contributed by atoms with Crippen molar-refractivity contribution >= 4 is 5.91 Å². The lowest BCUT2D eigenvalue weighted by molar-refractivity contribution is 0.0752. The molecule has 0 bridgehead atoms. The molecule has 0 aliphatic carbocycles. The second-order valence-corrected chi connectivity index (χ2v) is 4.45. The van der Waals surface area contributed by atoms with Crippen LogP contribution in [0, 0.1) is 6.92 Å². The molecule has 0 saturated heterocycles. The molecule has 0 aliphatic rings. The van der Waals surface area contributed by atoms with E-state index in [0.29, 0.717) is 12.3 Å². The average molecular weight is 259 g/mol. The van der Waals surface area contributed by atoms with Crippen molar-refractivity contribution in [1.29, 1.82) is 0 Å². The van der Waals surface area contributed by atoms with Crippen molar-refractivity contribution in [3.05, 3.63) is 53.5 Å². The van der Waals surface area contributed by atoms with Crippen molar-refractivity contribution in [2.45, 2.75) is 13.5 Å². The van der Waals surface area contributed by atoms with E-state index in [-0.39, 0.29) is 5.91 Å². The average Bonchev–Trinajstić information content (AvgIpc) is 2.92. The molecule has 100 valence electrons. The third-order valence-corrected chi connectivity index (χ3v) is 2.92. The number of aryl methyl sites for hydroxylation is 1. The van der Waals surface area contributed by atoms with Crippen LogP contribution in [0.4, 0.5) is 0 Å². The van der Waals surface area contributed by atoms with Crippen LogP contribution in [0.15, 0.2) is 41.0 Å². The van der Waals surface area contributed by atoms with Gasteiger partial charge < -0.3 is 14.1 Å². The number of furan rings is 1. The molecule has 2 aromatic rings. The molecule has 0 N–H and O–H groups in total. The van der Waals surface area contributed by atoms with Crippen molar-refractivity contribution in [2.24, 2.45) is 0 Å². The molecule has 2 rings (SSSR count). The molecule has 19 heavy (non-hydrogen) atoms. The van der Waals surface area contributed by atoms with Crippen molar-refractivity contribution in [2.75, 3.05) is 14.2 Å². The molecule has 4 nitrogen and oxygen atoms in total. The number of carbonyl (C=O) groups is 1. The fourth-order valence-electron chi connectivity index (χ4n) is 1.95. The van der Waals surface area contributed by atoms with Gasteiger partial charge in [-0.1, -0.05) is 17.7 Å². The van der Waals surface area contributed by atoms with Crippen LogP contribution in [0.5, 0.6) is 5.75 Å². The zero-order chi connectivity index (χ0) is 13.8. The maximum absolute atomic E-state index is 12.1. The molecule has 0 radical (unpaired) electrons. The number of carbonyl (C=O) groups excluding carboxylic acids is 1. The summed E-state index contributed by atoms with van der Waals surface area (Å²) in [4.78, 5) is 13.7. The van der Waals surface area contributed by atoms with Gasteiger partial charge in [0.25, 0.3) is 5.91 Å². The predicted molar refractivity (Wildman–Crippen MR) is 72.2 cm³/mol. The minimum atomic E-state index is -0.145. The molecular formula is C15H17NO3. The van der Waals surface area contributed by atoms with Crippen LogP contribution < -0.4 is 4.74 Å². The van der Waals surface area contributed by atoms with E-state index in [0.717, 1.165) is 16.9 Å². The van der Waals surface area contributed by atoms with E-state index in [2.05, 4.69) is 0 Å². The quantitative estimate of drug-likeness (QED) is 0.848. The number of ether oxygens (including phenoxy) is 1. The summed E-state index contributed by atoms with van der Waals surface area (Å²) in [6.07, 6.45) is 1.49. The van der Waals surface area contributed by atoms with E-state index in [1.54, 1.807) is 31.2 Å². The molecule has 4 heteroatoms. The molecule has 1 aromatic carbocycles. The number of benzene rings is 1. The van der Waals surface area contributed by atoms with E-state index in [4.69, 9.17) is 9.15 Å². The Morgan fingerprint density at radius 2 is 2.16 bits per heavy atom. The summed E-state index contributed by atoms with van der Waals surface area (Å²) in [5.74, 6) is 0.979. The van der Waals surface area contributed by atoms with E-state index in [1.165, 1.54) is 6.26 Å². The topological polar surface area (TPSA) is 42.7 Å². The zero-order valence-electron chi connectivity index (χ0n) is 11.3. The van der Waals surface area contributed by atoms with Crippen LogP contribution in [-0.2, 0) is 6.54 Å². The van der Waals surface area contributed by atoms with Gasteiger partial charge in [-0.25, -0.2) is 0 Å². The van der Waals surface area contributed by atoms with Crippen LogP contribution in [0.2, 0.25) is 0 Å². The van der Waals surface area contributed by atoms with Gasteiger partial charge in [0.05, 0.1) is 13.4 Å². The van der Waals surface area contributed by atoms with E-state index in [9.17, 15) is 4.79 Å². The molecule has 0 unspecified atom stereocenters. The fraction of sp³-hybridized carbons (Fsp3) is 0.267. The summed E-state index contributed by atoms with van der Waals surface area (Å²) >= 11 is 0. The molecule has 0 aliphatic heterocycles. The maximum atomic E-state index is 12.1. The number of amides is 1. The second-order valence-electron chi connectivity index (χ2n) is 4.45. The summed E-state index contributed by atoms with van der Waals surface area (Å²) in [7, 11) is 3.37. The molecule has 0 atom stereocenters. The van der Waals surface area contributed by atoms with Crippen LogP contribution in [0.3, 0.4) is 0 Å².